The van der Waals surface area contributed by atoms with E-state index in [0.717, 1.165) is 27.3 Å². The summed E-state index contributed by atoms with van der Waals surface area (Å²) in [6, 6.07) is 13.7. The van der Waals surface area contributed by atoms with Gasteiger partial charge in [-0.15, -0.1) is 0 Å². The maximum absolute atomic E-state index is 12.8. The first kappa shape index (κ1) is 16.8. The van der Waals surface area contributed by atoms with Gasteiger partial charge in [-0.3, -0.25) is 9.59 Å². The number of benzene rings is 2. The summed E-state index contributed by atoms with van der Waals surface area (Å²) in [7, 11) is 1.77. The second-order valence-electron chi connectivity index (χ2n) is 6.59. The predicted molar refractivity (Wildman–Crippen MR) is 98.6 cm³/mol. The smallest absolute Gasteiger partial charge is 0.237 e. The fourth-order valence-corrected chi connectivity index (χ4v) is 4.44. The quantitative estimate of drug-likeness (QED) is 0.785. The molecule has 0 saturated heterocycles. The number of aryl methyl sites for hydroxylation is 2. The van der Waals surface area contributed by atoms with Crippen molar-refractivity contribution >= 4 is 28.5 Å². The van der Waals surface area contributed by atoms with E-state index < -0.39 is 5.41 Å². The Morgan fingerprint density at radius 3 is 2.38 bits per heavy atom. The molecule has 0 bridgehead atoms. The van der Waals surface area contributed by atoms with Crippen LogP contribution in [-0.2, 0) is 15.0 Å². The Bertz CT molecular complexity index is 810. The van der Waals surface area contributed by atoms with Gasteiger partial charge in [0, 0.05) is 24.1 Å². The number of anilines is 1. The normalized spacial score (nSPS) is 19.5. The van der Waals surface area contributed by atoms with Crippen molar-refractivity contribution in [3.05, 3.63) is 59.2 Å². The lowest BCUT2D eigenvalue weighted by molar-refractivity contribution is -0.125. The Balaban J connectivity index is 1.88. The molecule has 124 valence electrons. The molecule has 1 amide bonds. The monoisotopic (exact) mass is 339 g/mol. The van der Waals surface area contributed by atoms with Crippen LogP contribution in [0, 0.1) is 13.8 Å². The van der Waals surface area contributed by atoms with Gasteiger partial charge in [-0.2, -0.15) is 0 Å². The minimum absolute atomic E-state index is 0.0147. The largest absolute Gasteiger partial charge is 0.314 e. The molecule has 2 aromatic rings. The van der Waals surface area contributed by atoms with Gasteiger partial charge in [-0.25, -0.2) is 0 Å². The molecule has 24 heavy (non-hydrogen) atoms. The van der Waals surface area contributed by atoms with E-state index in [1.54, 1.807) is 11.9 Å². The van der Waals surface area contributed by atoms with Gasteiger partial charge in [0.1, 0.15) is 0 Å². The average molecular weight is 339 g/mol. The SMILES string of the molecule is Cc1cccc(C)c1SC(=O)C[C@]1(C)C(=O)N(C)c2ccccc21. The van der Waals surface area contributed by atoms with Crippen molar-refractivity contribution in [1.29, 1.82) is 0 Å². The average Bonchev–Trinajstić information content (AvgIpc) is 2.74. The molecule has 2 aromatic carbocycles. The summed E-state index contributed by atoms with van der Waals surface area (Å²) in [5.41, 5.74) is 3.23. The lowest BCUT2D eigenvalue weighted by Gasteiger charge is -2.22. The Morgan fingerprint density at radius 1 is 1.08 bits per heavy atom. The first-order chi connectivity index (χ1) is 11.3. The van der Waals surface area contributed by atoms with E-state index in [1.165, 1.54) is 11.8 Å². The number of carbonyl (C=O) groups excluding carboxylic acids is 2. The van der Waals surface area contributed by atoms with Crippen LogP contribution in [0.4, 0.5) is 5.69 Å². The lowest BCUT2D eigenvalue weighted by atomic mass is 9.81. The minimum Gasteiger partial charge on any atom is -0.314 e. The second kappa shape index (κ2) is 6.10. The maximum Gasteiger partial charge on any atom is 0.237 e. The molecular formula is C20H21NO2S. The summed E-state index contributed by atoms with van der Waals surface area (Å²) in [4.78, 5) is 28.2. The molecule has 1 aliphatic rings. The topological polar surface area (TPSA) is 37.4 Å². The van der Waals surface area contributed by atoms with E-state index in [4.69, 9.17) is 0 Å². The van der Waals surface area contributed by atoms with Crippen molar-refractivity contribution in [3.8, 4) is 0 Å². The summed E-state index contributed by atoms with van der Waals surface area (Å²) in [6.07, 6.45) is 0.200. The Hall–Kier alpha value is -2.07. The van der Waals surface area contributed by atoms with Gasteiger partial charge >= 0.3 is 0 Å². The van der Waals surface area contributed by atoms with Crippen LogP contribution in [0.15, 0.2) is 47.4 Å². The van der Waals surface area contributed by atoms with Crippen LogP contribution in [0.1, 0.15) is 30.0 Å². The third kappa shape index (κ3) is 2.65. The van der Waals surface area contributed by atoms with Crippen molar-refractivity contribution in [3.63, 3.8) is 0 Å². The van der Waals surface area contributed by atoms with Gasteiger partial charge in [0.05, 0.1) is 5.41 Å². The van der Waals surface area contributed by atoms with E-state index in [9.17, 15) is 9.59 Å². The molecule has 4 heteroatoms. The zero-order chi connectivity index (χ0) is 17.5. The molecule has 3 nitrogen and oxygen atoms in total. The van der Waals surface area contributed by atoms with Crippen molar-refractivity contribution < 1.29 is 9.59 Å². The zero-order valence-electron chi connectivity index (χ0n) is 14.4. The number of hydrogen-bond donors (Lipinski definition) is 0. The summed E-state index contributed by atoms with van der Waals surface area (Å²) in [5, 5.41) is 0.0216. The summed E-state index contributed by atoms with van der Waals surface area (Å²) in [5.74, 6) is -0.0147. The van der Waals surface area contributed by atoms with E-state index in [0.29, 0.717) is 0 Å². The van der Waals surface area contributed by atoms with E-state index in [-0.39, 0.29) is 17.4 Å². The molecule has 0 radical (unpaired) electrons. The van der Waals surface area contributed by atoms with Crippen LogP contribution in [0.5, 0.6) is 0 Å². The highest BCUT2D eigenvalue weighted by molar-refractivity contribution is 8.13. The standard InChI is InChI=1S/C20H21NO2S/c1-13-8-7-9-14(2)18(13)24-17(22)12-20(3)15-10-5-6-11-16(15)21(4)19(20)23/h5-11H,12H2,1-4H3/t20-/m0/s1. The lowest BCUT2D eigenvalue weighted by Crippen LogP contribution is -2.37. The van der Waals surface area contributed by atoms with E-state index >= 15 is 0 Å². The summed E-state index contributed by atoms with van der Waals surface area (Å²) in [6.45, 7) is 5.89. The fourth-order valence-electron chi connectivity index (χ4n) is 3.40. The Morgan fingerprint density at radius 2 is 1.71 bits per heavy atom. The Labute approximate surface area is 147 Å². The van der Waals surface area contributed by atoms with Crippen molar-refractivity contribution in [1.82, 2.24) is 0 Å². The molecule has 0 N–H and O–H groups in total. The number of nitrogens with zero attached hydrogens (tertiary/aromatic N) is 1. The predicted octanol–water partition coefficient (Wildman–Crippen LogP) is 4.25. The van der Waals surface area contributed by atoms with Gasteiger partial charge < -0.3 is 4.90 Å². The third-order valence-corrected chi connectivity index (χ3v) is 5.98. The van der Waals surface area contributed by atoms with Crippen LogP contribution in [-0.4, -0.2) is 18.1 Å². The summed E-state index contributed by atoms with van der Waals surface area (Å²) >= 11 is 1.25. The second-order valence-corrected chi connectivity index (χ2v) is 7.65. The Kier molecular flexibility index (Phi) is 4.26. The molecule has 1 heterocycles. The van der Waals surface area contributed by atoms with Gasteiger partial charge in [0.15, 0.2) is 5.12 Å². The minimum atomic E-state index is -0.786. The highest BCUT2D eigenvalue weighted by Gasteiger charge is 2.47. The molecule has 3 rings (SSSR count). The van der Waals surface area contributed by atoms with Crippen LogP contribution in [0.3, 0.4) is 0 Å². The molecular weight excluding hydrogens is 318 g/mol. The summed E-state index contributed by atoms with van der Waals surface area (Å²) < 4.78 is 0. The molecule has 0 aromatic heterocycles. The van der Waals surface area contributed by atoms with Gasteiger partial charge in [0.2, 0.25) is 5.91 Å². The van der Waals surface area contributed by atoms with Crippen LogP contribution in [0.2, 0.25) is 0 Å². The number of carbonyl (C=O) groups is 2. The number of likely N-dealkylation sites (N-methyl/N-ethyl adjacent to an activating group) is 1. The first-order valence-electron chi connectivity index (χ1n) is 7.99. The number of hydrogen-bond acceptors (Lipinski definition) is 3. The molecule has 0 aliphatic carbocycles. The number of thioether (sulfide) groups is 1. The molecule has 0 unspecified atom stereocenters. The molecule has 1 atom stereocenters. The highest BCUT2D eigenvalue weighted by atomic mass is 32.2. The first-order valence-corrected chi connectivity index (χ1v) is 8.81. The molecule has 0 spiro atoms. The zero-order valence-corrected chi connectivity index (χ0v) is 15.2. The van der Waals surface area contributed by atoms with Gasteiger partial charge in [0.25, 0.3) is 0 Å². The van der Waals surface area contributed by atoms with E-state index in [2.05, 4.69) is 0 Å². The number of amides is 1. The van der Waals surface area contributed by atoms with Crippen LogP contribution < -0.4 is 4.90 Å². The number of rotatable bonds is 3. The van der Waals surface area contributed by atoms with Crippen molar-refractivity contribution in [2.45, 2.75) is 37.5 Å². The highest BCUT2D eigenvalue weighted by Crippen LogP contribution is 2.44. The van der Waals surface area contributed by atoms with Gasteiger partial charge in [-0.05, 0) is 43.5 Å². The third-order valence-electron chi connectivity index (χ3n) is 4.76. The van der Waals surface area contributed by atoms with Crippen molar-refractivity contribution in [2.75, 3.05) is 11.9 Å². The number of para-hydroxylation sites is 1. The van der Waals surface area contributed by atoms with Gasteiger partial charge in [-0.1, -0.05) is 48.2 Å². The molecule has 1 aliphatic heterocycles. The van der Waals surface area contributed by atoms with E-state index in [1.807, 2.05) is 63.2 Å². The molecule has 0 saturated carbocycles. The van der Waals surface area contributed by atoms with Crippen LogP contribution in [0.25, 0.3) is 0 Å². The molecule has 0 fully saturated rings. The fraction of sp³-hybridized carbons (Fsp3) is 0.300. The van der Waals surface area contributed by atoms with Crippen LogP contribution >= 0.6 is 11.8 Å². The maximum atomic E-state index is 12.8. The van der Waals surface area contributed by atoms with Crippen molar-refractivity contribution in [2.24, 2.45) is 0 Å². The number of fused-ring (bicyclic) bond motifs is 1.